The molecule has 0 aliphatic carbocycles. The number of aromatic nitrogens is 1. The van der Waals surface area contributed by atoms with Crippen LogP contribution in [0.5, 0.6) is 0 Å². The summed E-state index contributed by atoms with van der Waals surface area (Å²) in [4.78, 5) is 22.6. The van der Waals surface area contributed by atoms with Crippen molar-refractivity contribution in [3.8, 4) is 17.8 Å². The van der Waals surface area contributed by atoms with Crippen LogP contribution in [-0.4, -0.2) is 60.4 Å². The van der Waals surface area contributed by atoms with Crippen LogP contribution in [0.2, 0.25) is 0 Å². The highest BCUT2D eigenvalue weighted by molar-refractivity contribution is 8.00. The molecule has 0 saturated carbocycles. The highest BCUT2D eigenvalue weighted by Crippen LogP contribution is 2.37. The van der Waals surface area contributed by atoms with Crippen molar-refractivity contribution in [2.75, 3.05) is 43.5 Å². The highest BCUT2D eigenvalue weighted by Gasteiger charge is 2.27. The number of amides is 1. The maximum absolute atomic E-state index is 12.6. The minimum Gasteiger partial charge on any atom is -0.379 e. The summed E-state index contributed by atoms with van der Waals surface area (Å²) in [5, 5.41) is 6.50. The maximum atomic E-state index is 12.6. The molecule has 3 heterocycles. The second kappa shape index (κ2) is 9.69. The van der Waals surface area contributed by atoms with Crippen molar-refractivity contribution in [3.63, 3.8) is 0 Å². The zero-order chi connectivity index (χ0) is 19.9. The molecule has 1 fully saturated rings. The third-order valence-corrected chi connectivity index (χ3v) is 6.03. The Bertz CT molecular complexity index is 828. The topological polar surface area (TPSA) is 69.5 Å². The van der Waals surface area contributed by atoms with E-state index in [1.165, 1.54) is 4.90 Å². The summed E-state index contributed by atoms with van der Waals surface area (Å²) in [7, 11) is 0. The van der Waals surface area contributed by atoms with Gasteiger partial charge in [0.1, 0.15) is 0 Å². The number of hydrogen-bond donors (Lipinski definition) is 0. The summed E-state index contributed by atoms with van der Waals surface area (Å²) in [6, 6.07) is 12.6. The largest absolute Gasteiger partial charge is 0.379 e. The molecule has 1 atom stereocenters. The minimum atomic E-state index is 0.182. The fourth-order valence-corrected chi connectivity index (χ4v) is 4.38. The SMILES string of the molecule is C#N.C[C@@H]1COCCN1CCN1C(=O)CSc2ccc(-c3ccccn3)cc21. The van der Waals surface area contributed by atoms with Gasteiger partial charge >= 0.3 is 0 Å². The number of benzene rings is 1. The average Bonchev–Trinajstić information content (AvgIpc) is 2.76. The Labute approximate surface area is 170 Å². The van der Waals surface area contributed by atoms with E-state index in [1.807, 2.05) is 23.1 Å². The van der Waals surface area contributed by atoms with Crippen LogP contribution in [0.25, 0.3) is 11.3 Å². The van der Waals surface area contributed by atoms with Gasteiger partial charge in [0.25, 0.3) is 0 Å². The van der Waals surface area contributed by atoms with Crippen LogP contribution in [0.15, 0.2) is 47.5 Å². The van der Waals surface area contributed by atoms with Crippen molar-refractivity contribution in [2.24, 2.45) is 0 Å². The van der Waals surface area contributed by atoms with Gasteiger partial charge in [0.05, 0.1) is 30.3 Å². The molecule has 0 radical (unpaired) electrons. The molecule has 4 rings (SSSR count). The number of rotatable bonds is 4. The Kier molecular flexibility index (Phi) is 7.04. The van der Waals surface area contributed by atoms with Crippen LogP contribution < -0.4 is 4.90 Å². The molecule has 7 heteroatoms. The predicted octanol–water partition coefficient (Wildman–Crippen LogP) is 3.05. The van der Waals surface area contributed by atoms with Crippen molar-refractivity contribution < 1.29 is 9.53 Å². The monoisotopic (exact) mass is 396 g/mol. The van der Waals surface area contributed by atoms with Crippen LogP contribution in [-0.2, 0) is 9.53 Å². The van der Waals surface area contributed by atoms with Gasteiger partial charge in [-0.2, -0.15) is 0 Å². The third kappa shape index (κ3) is 4.53. The third-order valence-electron chi connectivity index (χ3n) is 4.98. The number of hydrogen-bond acceptors (Lipinski definition) is 6. The first-order chi connectivity index (χ1) is 13.7. The van der Waals surface area contributed by atoms with Gasteiger partial charge in [-0.05, 0) is 31.2 Å². The Balaban J connectivity index is 0.00000109. The summed E-state index contributed by atoms with van der Waals surface area (Å²) in [5.74, 6) is 0.691. The lowest BCUT2D eigenvalue weighted by Crippen LogP contribution is -2.48. The molecule has 1 amide bonds. The average molecular weight is 397 g/mol. The predicted molar refractivity (Wildman–Crippen MR) is 111 cm³/mol. The van der Waals surface area contributed by atoms with Crippen molar-refractivity contribution >= 4 is 23.4 Å². The fraction of sp³-hybridized carbons (Fsp3) is 0.381. The molecule has 28 heavy (non-hydrogen) atoms. The first kappa shape index (κ1) is 20.3. The Hall–Kier alpha value is -2.40. The normalized spacial score (nSPS) is 19.5. The Morgan fingerprint density at radius 2 is 2.14 bits per heavy atom. The van der Waals surface area contributed by atoms with Crippen LogP contribution in [0.4, 0.5) is 5.69 Å². The van der Waals surface area contributed by atoms with Gasteiger partial charge in [-0.15, -0.1) is 11.8 Å². The lowest BCUT2D eigenvalue weighted by molar-refractivity contribution is -0.116. The van der Waals surface area contributed by atoms with E-state index in [0.717, 1.165) is 43.2 Å². The van der Waals surface area contributed by atoms with Gasteiger partial charge in [0, 0.05) is 48.9 Å². The van der Waals surface area contributed by atoms with E-state index in [-0.39, 0.29) is 5.91 Å². The van der Waals surface area contributed by atoms with Gasteiger partial charge in [0.2, 0.25) is 5.91 Å². The van der Waals surface area contributed by atoms with E-state index >= 15 is 0 Å². The van der Waals surface area contributed by atoms with E-state index in [4.69, 9.17) is 10.00 Å². The summed E-state index contributed by atoms with van der Waals surface area (Å²) >= 11 is 1.62. The van der Waals surface area contributed by atoms with Crippen LogP contribution in [0.1, 0.15) is 6.92 Å². The molecule has 0 bridgehead atoms. The van der Waals surface area contributed by atoms with Crippen LogP contribution in [0, 0.1) is 11.8 Å². The standard InChI is InChI=1S/C20H23N3O2S.CHN/c1-15-13-25-11-10-22(15)8-9-23-18-12-16(17-4-2-3-7-21-17)5-6-19(18)26-14-20(23)24;1-2/h2-7,12,15H,8-11,13-14H2,1H3;1H/t15-;/m1./s1. The van der Waals surface area contributed by atoms with E-state index < -0.39 is 0 Å². The number of fused-ring (bicyclic) bond motifs is 1. The van der Waals surface area contributed by atoms with Gasteiger partial charge in [-0.25, -0.2) is 5.26 Å². The quantitative estimate of drug-likeness (QED) is 0.791. The minimum absolute atomic E-state index is 0.182. The number of thioether (sulfide) groups is 1. The summed E-state index contributed by atoms with van der Waals surface area (Å²) in [6.45, 7) is 9.73. The van der Waals surface area contributed by atoms with Gasteiger partial charge in [-0.3, -0.25) is 14.7 Å². The molecule has 6 nitrogen and oxygen atoms in total. The molecule has 2 aliphatic heterocycles. The number of carbonyl (C=O) groups is 1. The summed E-state index contributed by atoms with van der Waals surface area (Å²) in [6.07, 6.45) is 1.80. The molecular formula is C21H24N4O2S. The molecule has 1 aromatic carbocycles. The molecule has 0 N–H and O–H groups in total. The lowest BCUT2D eigenvalue weighted by Gasteiger charge is -2.36. The number of nitriles is 1. The highest BCUT2D eigenvalue weighted by atomic mass is 32.2. The molecule has 0 spiro atoms. The summed E-state index contributed by atoms with van der Waals surface area (Å²) < 4.78 is 5.51. The molecule has 1 saturated heterocycles. The number of carbonyl (C=O) groups excluding carboxylic acids is 1. The van der Waals surface area contributed by atoms with E-state index in [0.29, 0.717) is 18.3 Å². The molecule has 1 aromatic heterocycles. The number of pyridine rings is 1. The number of ether oxygens (including phenoxy) is 1. The Morgan fingerprint density at radius 3 is 2.89 bits per heavy atom. The van der Waals surface area contributed by atoms with Crippen molar-refractivity contribution in [2.45, 2.75) is 17.9 Å². The van der Waals surface area contributed by atoms with Gasteiger partial charge < -0.3 is 9.64 Å². The number of nitrogens with zero attached hydrogens (tertiary/aromatic N) is 4. The first-order valence-electron chi connectivity index (χ1n) is 9.28. The van der Waals surface area contributed by atoms with Crippen LogP contribution in [0.3, 0.4) is 0 Å². The lowest BCUT2D eigenvalue weighted by atomic mass is 10.1. The van der Waals surface area contributed by atoms with E-state index in [2.05, 4.69) is 41.6 Å². The number of anilines is 1. The first-order valence-corrected chi connectivity index (χ1v) is 10.3. The van der Waals surface area contributed by atoms with Crippen molar-refractivity contribution in [1.82, 2.24) is 9.88 Å². The van der Waals surface area contributed by atoms with Gasteiger partial charge in [-0.1, -0.05) is 12.1 Å². The second-order valence-corrected chi connectivity index (χ2v) is 7.71. The van der Waals surface area contributed by atoms with Crippen LogP contribution >= 0.6 is 11.8 Å². The molecule has 0 unspecified atom stereocenters. The fourth-order valence-electron chi connectivity index (χ4n) is 3.46. The molecule has 2 aromatic rings. The molecule has 2 aliphatic rings. The number of morpholine rings is 1. The van der Waals surface area contributed by atoms with Crippen molar-refractivity contribution in [3.05, 3.63) is 42.6 Å². The summed E-state index contributed by atoms with van der Waals surface area (Å²) in [5.41, 5.74) is 2.99. The Morgan fingerprint density at radius 1 is 1.29 bits per heavy atom. The van der Waals surface area contributed by atoms with Crippen molar-refractivity contribution in [1.29, 1.82) is 5.26 Å². The second-order valence-electron chi connectivity index (χ2n) is 6.69. The molecule has 146 valence electrons. The smallest absolute Gasteiger partial charge is 0.237 e. The zero-order valence-electron chi connectivity index (χ0n) is 16.0. The maximum Gasteiger partial charge on any atom is 0.237 e. The molecular weight excluding hydrogens is 372 g/mol. The van der Waals surface area contributed by atoms with E-state index in [1.54, 1.807) is 18.0 Å². The van der Waals surface area contributed by atoms with Gasteiger partial charge in [0.15, 0.2) is 0 Å². The zero-order valence-corrected chi connectivity index (χ0v) is 16.8. The van der Waals surface area contributed by atoms with E-state index in [9.17, 15) is 4.79 Å².